The molecule has 0 bridgehead atoms. The van der Waals surface area contributed by atoms with Crippen molar-refractivity contribution in [3.05, 3.63) is 46.8 Å². The van der Waals surface area contributed by atoms with Gasteiger partial charge in [-0.25, -0.2) is 0 Å². The number of rotatable bonds is 1. The molecular formula is C15H14N4O. The van der Waals surface area contributed by atoms with Crippen LogP contribution in [-0.2, 0) is 0 Å². The molecule has 1 aliphatic rings. The van der Waals surface area contributed by atoms with E-state index in [1.54, 1.807) is 0 Å². The van der Waals surface area contributed by atoms with Crippen LogP contribution < -0.4 is 10.5 Å². The average molecular weight is 266 g/mol. The Kier molecular flexibility index (Phi) is 2.72. The summed E-state index contributed by atoms with van der Waals surface area (Å²) in [5, 5.41) is 16.3. The van der Waals surface area contributed by atoms with Crippen molar-refractivity contribution in [3.63, 3.8) is 0 Å². The molecule has 1 aromatic carbocycles. The van der Waals surface area contributed by atoms with Gasteiger partial charge in [-0.05, 0) is 12.5 Å². The fraction of sp³-hybridized carbons (Fsp3) is 0.200. The Bertz CT molecular complexity index is 734. The second-order valence-corrected chi connectivity index (χ2v) is 4.90. The zero-order chi connectivity index (χ0) is 14.3. The second-order valence-electron chi connectivity index (χ2n) is 4.90. The topological polar surface area (TPSA) is 87.7 Å². The van der Waals surface area contributed by atoms with Crippen LogP contribution in [0.5, 0.6) is 5.88 Å². The van der Waals surface area contributed by atoms with E-state index in [9.17, 15) is 5.26 Å². The van der Waals surface area contributed by atoms with Gasteiger partial charge in [0.1, 0.15) is 6.07 Å². The maximum absolute atomic E-state index is 9.19. The summed E-state index contributed by atoms with van der Waals surface area (Å²) >= 11 is 0. The first kappa shape index (κ1) is 12.3. The summed E-state index contributed by atoms with van der Waals surface area (Å²) in [6.07, 6.45) is 0. The molecule has 0 spiro atoms. The van der Waals surface area contributed by atoms with Gasteiger partial charge in [-0.2, -0.15) is 5.26 Å². The Hall–Kier alpha value is -2.74. The second kappa shape index (κ2) is 4.42. The van der Waals surface area contributed by atoms with Crippen LogP contribution in [0.15, 0.2) is 35.7 Å². The quantitative estimate of drug-likeness (QED) is 0.830. The van der Waals surface area contributed by atoms with E-state index >= 15 is 0 Å². The summed E-state index contributed by atoms with van der Waals surface area (Å²) in [6.45, 7) is 3.97. The minimum absolute atomic E-state index is 0.134. The molecule has 0 amide bonds. The molecule has 100 valence electrons. The fourth-order valence-electron chi connectivity index (χ4n) is 2.42. The lowest BCUT2D eigenvalue weighted by Crippen LogP contribution is -2.18. The number of nitrogens with one attached hydrogen (secondary N) is 1. The molecule has 3 rings (SSSR count). The summed E-state index contributed by atoms with van der Waals surface area (Å²) in [7, 11) is 0. The zero-order valence-electron chi connectivity index (χ0n) is 11.3. The Labute approximate surface area is 116 Å². The summed E-state index contributed by atoms with van der Waals surface area (Å²) < 4.78 is 5.42. The Morgan fingerprint density at radius 2 is 2.05 bits per heavy atom. The van der Waals surface area contributed by atoms with Crippen LogP contribution in [-0.4, -0.2) is 10.2 Å². The van der Waals surface area contributed by atoms with Crippen molar-refractivity contribution in [3.8, 4) is 23.2 Å². The highest BCUT2D eigenvalue weighted by Crippen LogP contribution is 2.41. The van der Waals surface area contributed by atoms with E-state index in [0.29, 0.717) is 11.5 Å². The van der Waals surface area contributed by atoms with Gasteiger partial charge in [0, 0.05) is 5.92 Å². The number of nitriles is 1. The Balaban J connectivity index is 2.13. The SMILES string of the molecule is Cc1ccc(-c2[nH]nc3c2[C@@H](C)C(C#N)=C(N)O3)cc1. The number of allylic oxidation sites excluding steroid dienone is 1. The van der Waals surface area contributed by atoms with Gasteiger partial charge in [-0.15, -0.1) is 5.10 Å². The summed E-state index contributed by atoms with van der Waals surface area (Å²) in [5.74, 6) is 0.442. The van der Waals surface area contributed by atoms with Crippen LogP contribution in [0.2, 0.25) is 0 Å². The van der Waals surface area contributed by atoms with Gasteiger partial charge in [0.25, 0.3) is 0 Å². The Morgan fingerprint density at radius 3 is 2.70 bits per heavy atom. The van der Waals surface area contributed by atoms with Crippen molar-refractivity contribution >= 4 is 0 Å². The van der Waals surface area contributed by atoms with Crippen LogP contribution in [0, 0.1) is 18.3 Å². The lowest BCUT2D eigenvalue weighted by molar-refractivity contribution is 0.377. The van der Waals surface area contributed by atoms with Crippen LogP contribution in [0.1, 0.15) is 24.0 Å². The molecule has 5 nitrogen and oxygen atoms in total. The molecule has 0 fully saturated rings. The number of H-pyrrole nitrogens is 1. The predicted molar refractivity (Wildman–Crippen MR) is 74.6 cm³/mol. The predicted octanol–water partition coefficient (Wildman–Crippen LogP) is 2.57. The van der Waals surface area contributed by atoms with E-state index < -0.39 is 0 Å². The number of benzene rings is 1. The number of nitrogens with zero attached hydrogens (tertiary/aromatic N) is 2. The molecule has 0 saturated heterocycles. The van der Waals surface area contributed by atoms with Gasteiger partial charge >= 0.3 is 0 Å². The minimum Gasteiger partial charge on any atom is -0.420 e. The minimum atomic E-state index is -0.140. The van der Waals surface area contributed by atoms with Gasteiger partial charge < -0.3 is 10.5 Å². The van der Waals surface area contributed by atoms with E-state index in [1.165, 1.54) is 5.56 Å². The molecule has 5 heteroatoms. The van der Waals surface area contributed by atoms with Crippen LogP contribution in [0.3, 0.4) is 0 Å². The van der Waals surface area contributed by atoms with E-state index in [1.807, 2.05) is 38.1 Å². The number of nitrogens with two attached hydrogens (primary N) is 1. The number of hydrogen-bond donors (Lipinski definition) is 2. The Morgan fingerprint density at radius 1 is 1.35 bits per heavy atom. The van der Waals surface area contributed by atoms with Crippen LogP contribution >= 0.6 is 0 Å². The third kappa shape index (κ3) is 1.74. The van der Waals surface area contributed by atoms with Gasteiger partial charge in [0.05, 0.1) is 16.8 Å². The van der Waals surface area contributed by atoms with Crippen molar-refractivity contribution in [2.45, 2.75) is 19.8 Å². The van der Waals surface area contributed by atoms with E-state index in [-0.39, 0.29) is 11.8 Å². The van der Waals surface area contributed by atoms with Crippen LogP contribution in [0.25, 0.3) is 11.3 Å². The molecule has 0 aliphatic carbocycles. The standard InChI is InChI=1S/C15H14N4O/c1-8-3-5-10(6-4-8)13-12-9(2)11(7-16)14(17)20-15(12)19-18-13/h3-6,9H,17H2,1-2H3,(H,18,19)/t9-/m0/s1. The number of aromatic nitrogens is 2. The molecule has 0 radical (unpaired) electrons. The summed E-state index contributed by atoms with van der Waals surface area (Å²) in [5.41, 5.74) is 10.1. The average Bonchev–Trinajstić information content (AvgIpc) is 2.84. The summed E-state index contributed by atoms with van der Waals surface area (Å²) in [6, 6.07) is 10.2. The number of ether oxygens (including phenoxy) is 1. The first-order chi connectivity index (χ1) is 9.61. The molecule has 2 heterocycles. The molecule has 1 atom stereocenters. The smallest absolute Gasteiger partial charge is 0.244 e. The molecule has 0 unspecified atom stereocenters. The molecule has 2 aromatic rings. The maximum Gasteiger partial charge on any atom is 0.244 e. The van der Waals surface area contributed by atoms with Crippen molar-refractivity contribution in [2.24, 2.45) is 5.73 Å². The highest BCUT2D eigenvalue weighted by atomic mass is 16.5. The number of fused-ring (bicyclic) bond motifs is 1. The van der Waals surface area contributed by atoms with Gasteiger partial charge in [0.2, 0.25) is 11.8 Å². The van der Waals surface area contributed by atoms with Gasteiger partial charge in [-0.3, -0.25) is 5.10 Å². The number of hydrogen-bond acceptors (Lipinski definition) is 4. The highest BCUT2D eigenvalue weighted by Gasteiger charge is 2.31. The molecule has 1 aliphatic heterocycles. The lowest BCUT2D eigenvalue weighted by Gasteiger charge is -2.20. The largest absolute Gasteiger partial charge is 0.420 e. The first-order valence-electron chi connectivity index (χ1n) is 6.34. The zero-order valence-corrected chi connectivity index (χ0v) is 11.3. The molecular weight excluding hydrogens is 252 g/mol. The van der Waals surface area contributed by atoms with Gasteiger partial charge in [0.15, 0.2) is 0 Å². The van der Waals surface area contributed by atoms with Crippen LogP contribution in [0.4, 0.5) is 0 Å². The summed E-state index contributed by atoms with van der Waals surface area (Å²) in [4.78, 5) is 0. The number of aryl methyl sites for hydroxylation is 1. The van der Waals surface area contributed by atoms with Crippen molar-refractivity contribution < 1.29 is 4.74 Å². The van der Waals surface area contributed by atoms with E-state index in [0.717, 1.165) is 16.8 Å². The third-order valence-corrected chi connectivity index (χ3v) is 3.57. The van der Waals surface area contributed by atoms with Crippen molar-refractivity contribution in [1.29, 1.82) is 5.26 Å². The van der Waals surface area contributed by atoms with E-state index in [4.69, 9.17) is 10.5 Å². The molecule has 3 N–H and O–H groups in total. The normalized spacial score (nSPS) is 17.4. The molecule has 0 saturated carbocycles. The van der Waals surface area contributed by atoms with E-state index in [2.05, 4.69) is 16.3 Å². The third-order valence-electron chi connectivity index (χ3n) is 3.57. The monoisotopic (exact) mass is 266 g/mol. The molecule has 1 aromatic heterocycles. The van der Waals surface area contributed by atoms with Crippen molar-refractivity contribution in [2.75, 3.05) is 0 Å². The molecule has 20 heavy (non-hydrogen) atoms. The van der Waals surface area contributed by atoms with Gasteiger partial charge in [-0.1, -0.05) is 36.8 Å². The van der Waals surface area contributed by atoms with Crippen molar-refractivity contribution in [1.82, 2.24) is 10.2 Å². The number of aromatic amines is 1. The maximum atomic E-state index is 9.19. The highest BCUT2D eigenvalue weighted by molar-refractivity contribution is 5.68. The first-order valence-corrected chi connectivity index (χ1v) is 6.34. The fourth-order valence-corrected chi connectivity index (χ4v) is 2.42. The lowest BCUT2D eigenvalue weighted by atomic mass is 9.90.